The monoisotopic (exact) mass is 235 g/mol. The van der Waals surface area contributed by atoms with Crippen molar-refractivity contribution in [2.75, 3.05) is 13.6 Å². The van der Waals surface area contributed by atoms with Crippen LogP contribution in [0, 0.1) is 13.8 Å². The molecule has 1 aromatic carbocycles. The molecule has 0 saturated heterocycles. The molecule has 0 aliphatic heterocycles. The lowest BCUT2D eigenvalue weighted by Gasteiger charge is -2.26. The predicted octanol–water partition coefficient (Wildman–Crippen LogP) is 2.15. The van der Waals surface area contributed by atoms with E-state index in [2.05, 4.69) is 0 Å². The summed E-state index contributed by atoms with van der Waals surface area (Å²) in [4.78, 5) is 13.8. The Kier molecular flexibility index (Phi) is 3.94. The minimum absolute atomic E-state index is 0.0478. The second-order valence-electron chi connectivity index (χ2n) is 5.22. The van der Waals surface area contributed by atoms with Crippen molar-refractivity contribution in [1.82, 2.24) is 4.90 Å². The van der Waals surface area contributed by atoms with Gasteiger partial charge in [0.25, 0.3) is 5.91 Å². The van der Waals surface area contributed by atoms with Gasteiger partial charge < -0.3 is 10.0 Å². The van der Waals surface area contributed by atoms with E-state index in [4.69, 9.17) is 0 Å². The van der Waals surface area contributed by atoms with Crippen molar-refractivity contribution in [2.45, 2.75) is 33.3 Å². The maximum Gasteiger partial charge on any atom is 0.253 e. The molecule has 0 radical (unpaired) electrons. The SMILES string of the molecule is Cc1cccc(C(=O)N(C)CC(C)(C)O)c1C. The molecule has 0 atom stereocenters. The van der Waals surface area contributed by atoms with E-state index in [1.165, 1.54) is 0 Å². The lowest BCUT2D eigenvalue weighted by Crippen LogP contribution is -2.39. The number of aliphatic hydroxyl groups is 1. The third-order valence-electron chi connectivity index (χ3n) is 2.81. The molecule has 1 N–H and O–H groups in total. The van der Waals surface area contributed by atoms with E-state index in [0.29, 0.717) is 12.1 Å². The van der Waals surface area contributed by atoms with Crippen LogP contribution in [0.5, 0.6) is 0 Å². The maximum absolute atomic E-state index is 12.2. The zero-order chi connectivity index (χ0) is 13.2. The van der Waals surface area contributed by atoms with E-state index in [1.54, 1.807) is 25.8 Å². The van der Waals surface area contributed by atoms with Crippen molar-refractivity contribution in [3.8, 4) is 0 Å². The first-order valence-electron chi connectivity index (χ1n) is 5.76. The number of hydrogen-bond acceptors (Lipinski definition) is 2. The van der Waals surface area contributed by atoms with Crippen molar-refractivity contribution in [3.63, 3.8) is 0 Å². The summed E-state index contributed by atoms with van der Waals surface area (Å²) in [7, 11) is 1.71. The molecule has 94 valence electrons. The molecule has 0 fully saturated rings. The highest BCUT2D eigenvalue weighted by molar-refractivity contribution is 5.95. The zero-order valence-corrected chi connectivity index (χ0v) is 11.2. The van der Waals surface area contributed by atoms with Gasteiger partial charge in [0.15, 0.2) is 0 Å². The molecule has 0 unspecified atom stereocenters. The Labute approximate surface area is 103 Å². The largest absolute Gasteiger partial charge is 0.389 e. The third-order valence-corrected chi connectivity index (χ3v) is 2.81. The van der Waals surface area contributed by atoms with E-state index in [-0.39, 0.29) is 5.91 Å². The molecule has 3 nitrogen and oxygen atoms in total. The Bertz CT molecular complexity index is 419. The molecule has 1 aromatic rings. The van der Waals surface area contributed by atoms with Gasteiger partial charge in [0, 0.05) is 19.2 Å². The number of likely N-dealkylation sites (N-methyl/N-ethyl adjacent to an activating group) is 1. The molecule has 3 heteroatoms. The van der Waals surface area contributed by atoms with Crippen LogP contribution >= 0.6 is 0 Å². The van der Waals surface area contributed by atoms with Gasteiger partial charge in [0.2, 0.25) is 0 Å². The molecule has 1 rings (SSSR count). The van der Waals surface area contributed by atoms with Gasteiger partial charge in [0.1, 0.15) is 0 Å². The molecule has 1 amide bonds. The molecule has 0 bridgehead atoms. The Balaban J connectivity index is 2.93. The fraction of sp³-hybridized carbons (Fsp3) is 0.500. The Morgan fingerprint density at radius 3 is 2.47 bits per heavy atom. The molecular formula is C14H21NO2. The third kappa shape index (κ3) is 3.56. The minimum Gasteiger partial charge on any atom is -0.389 e. The van der Waals surface area contributed by atoms with Gasteiger partial charge >= 0.3 is 0 Å². The zero-order valence-electron chi connectivity index (χ0n) is 11.2. The second kappa shape index (κ2) is 4.88. The summed E-state index contributed by atoms with van der Waals surface area (Å²) in [5.74, 6) is -0.0478. The number of amides is 1. The van der Waals surface area contributed by atoms with Crippen molar-refractivity contribution in [3.05, 3.63) is 34.9 Å². The van der Waals surface area contributed by atoms with Crippen molar-refractivity contribution >= 4 is 5.91 Å². The summed E-state index contributed by atoms with van der Waals surface area (Å²) < 4.78 is 0. The molecule has 0 spiro atoms. The van der Waals surface area contributed by atoms with Crippen LogP contribution < -0.4 is 0 Å². The number of benzene rings is 1. The van der Waals surface area contributed by atoms with Crippen LogP contribution in [0.15, 0.2) is 18.2 Å². The van der Waals surface area contributed by atoms with Crippen molar-refractivity contribution in [1.29, 1.82) is 0 Å². The highest BCUT2D eigenvalue weighted by atomic mass is 16.3. The highest BCUT2D eigenvalue weighted by Crippen LogP contribution is 2.15. The summed E-state index contributed by atoms with van der Waals surface area (Å²) in [6, 6.07) is 5.70. The number of aryl methyl sites for hydroxylation is 1. The predicted molar refractivity (Wildman–Crippen MR) is 69.2 cm³/mol. The Hall–Kier alpha value is -1.35. The number of rotatable bonds is 3. The van der Waals surface area contributed by atoms with Crippen LogP contribution in [0.25, 0.3) is 0 Å². The van der Waals surface area contributed by atoms with Crippen LogP contribution in [0.4, 0.5) is 0 Å². The lowest BCUT2D eigenvalue weighted by atomic mass is 10.0. The van der Waals surface area contributed by atoms with Gasteiger partial charge in [-0.3, -0.25) is 4.79 Å². The summed E-state index contributed by atoms with van der Waals surface area (Å²) >= 11 is 0. The van der Waals surface area contributed by atoms with E-state index in [1.807, 2.05) is 32.0 Å². The Morgan fingerprint density at radius 2 is 1.94 bits per heavy atom. The second-order valence-corrected chi connectivity index (χ2v) is 5.22. The average Bonchev–Trinajstić information content (AvgIpc) is 2.18. The summed E-state index contributed by atoms with van der Waals surface area (Å²) in [6.07, 6.45) is 0. The van der Waals surface area contributed by atoms with Crippen LogP contribution in [-0.2, 0) is 0 Å². The number of carbonyl (C=O) groups is 1. The number of hydrogen-bond donors (Lipinski definition) is 1. The quantitative estimate of drug-likeness (QED) is 0.872. The van der Waals surface area contributed by atoms with Gasteiger partial charge in [0.05, 0.1) is 5.60 Å². The summed E-state index contributed by atoms with van der Waals surface area (Å²) in [5.41, 5.74) is 1.94. The van der Waals surface area contributed by atoms with Gasteiger partial charge in [-0.15, -0.1) is 0 Å². The van der Waals surface area contributed by atoms with E-state index < -0.39 is 5.60 Å². The molecule has 0 heterocycles. The molecule has 0 aliphatic rings. The fourth-order valence-electron chi connectivity index (χ4n) is 1.84. The van der Waals surface area contributed by atoms with Crippen molar-refractivity contribution < 1.29 is 9.90 Å². The standard InChI is InChI=1S/C14H21NO2/c1-10-7-6-8-12(11(10)2)13(16)15(5)9-14(3,4)17/h6-8,17H,9H2,1-5H3. The van der Waals surface area contributed by atoms with Crippen molar-refractivity contribution in [2.24, 2.45) is 0 Å². The Morgan fingerprint density at radius 1 is 1.35 bits per heavy atom. The number of nitrogens with zero attached hydrogens (tertiary/aromatic N) is 1. The van der Waals surface area contributed by atoms with Gasteiger partial charge in [-0.25, -0.2) is 0 Å². The molecule has 0 aliphatic carbocycles. The average molecular weight is 235 g/mol. The normalized spacial score (nSPS) is 11.4. The van der Waals surface area contributed by atoms with Gasteiger partial charge in [-0.05, 0) is 44.9 Å². The summed E-state index contributed by atoms with van der Waals surface area (Å²) in [6.45, 7) is 7.64. The van der Waals surface area contributed by atoms with E-state index >= 15 is 0 Å². The smallest absolute Gasteiger partial charge is 0.253 e. The highest BCUT2D eigenvalue weighted by Gasteiger charge is 2.21. The summed E-state index contributed by atoms with van der Waals surface area (Å²) in [5, 5.41) is 9.71. The van der Waals surface area contributed by atoms with Gasteiger partial charge in [-0.2, -0.15) is 0 Å². The first-order chi connectivity index (χ1) is 7.72. The molecule has 0 aromatic heterocycles. The van der Waals surface area contributed by atoms with Crippen LogP contribution in [-0.4, -0.2) is 35.1 Å². The number of carbonyl (C=O) groups excluding carboxylic acids is 1. The van der Waals surface area contributed by atoms with E-state index in [9.17, 15) is 9.90 Å². The van der Waals surface area contributed by atoms with Crippen LogP contribution in [0.3, 0.4) is 0 Å². The maximum atomic E-state index is 12.2. The molecule has 17 heavy (non-hydrogen) atoms. The van der Waals surface area contributed by atoms with Crippen LogP contribution in [0.1, 0.15) is 35.3 Å². The molecular weight excluding hydrogens is 214 g/mol. The lowest BCUT2D eigenvalue weighted by molar-refractivity contribution is 0.0367. The minimum atomic E-state index is -0.873. The van der Waals surface area contributed by atoms with Crippen LogP contribution in [0.2, 0.25) is 0 Å². The van der Waals surface area contributed by atoms with Gasteiger partial charge in [-0.1, -0.05) is 12.1 Å². The topological polar surface area (TPSA) is 40.5 Å². The fourth-order valence-corrected chi connectivity index (χ4v) is 1.84. The van der Waals surface area contributed by atoms with E-state index in [0.717, 1.165) is 11.1 Å². The first-order valence-corrected chi connectivity index (χ1v) is 5.76. The molecule has 0 saturated carbocycles. The first kappa shape index (κ1) is 13.7.